The highest BCUT2D eigenvalue weighted by atomic mass is 16.1. The van der Waals surface area contributed by atoms with Crippen molar-refractivity contribution in [3.05, 3.63) is 54.0 Å². The number of piperazine rings is 1. The van der Waals surface area contributed by atoms with E-state index >= 15 is 0 Å². The second-order valence-corrected chi connectivity index (χ2v) is 8.05. The van der Waals surface area contributed by atoms with Crippen LogP contribution in [0.3, 0.4) is 0 Å². The van der Waals surface area contributed by atoms with Gasteiger partial charge in [-0.25, -0.2) is 4.98 Å². The van der Waals surface area contributed by atoms with Crippen LogP contribution < -0.4 is 10.2 Å². The van der Waals surface area contributed by atoms with Crippen molar-refractivity contribution in [1.82, 2.24) is 20.2 Å². The van der Waals surface area contributed by atoms with E-state index in [9.17, 15) is 4.79 Å². The number of anilines is 1. The second-order valence-electron chi connectivity index (χ2n) is 8.05. The second kappa shape index (κ2) is 9.83. The van der Waals surface area contributed by atoms with Crippen LogP contribution in [0, 0.1) is 0 Å². The fourth-order valence-electron chi connectivity index (χ4n) is 4.41. The molecule has 4 rings (SSSR count). The van der Waals surface area contributed by atoms with Gasteiger partial charge in [0.1, 0.15) is 5.82 Å². The summed E-state index contributed by atoms with van der Waals surface area (Å²) in [6.07, 6.45) is 10.7. The lowest BCUT2D eigenvalue weighted by Crippen LogP contribution is -2.50. The van der Waals surface area contributed by atoms with E-state index in [1.807, 2.05) is 30.3 Å². The number of nitrogens with one attached hydrogen (secondary N) is 1. The van der Waals surface area contributed by atoms with Crippen LogP contribution in [0.2, 0.25) is 0 Å². The lowest BCUT2D eigenvalue weighted by atomic mass is 10.1. The van der Waals surface area contributed by atoms with E-state index in [0.717, 1.165) is 56.6 Å². The molecule has 1 saturated carbocycles. The third-order valence-electron chi connectivity index (χ3n) is 6.11. The lowest BCUT2D eigenvalue weighted by molar-refractivity contribution is 0.0953. The zero-order valence-electron chi connectivity index (χ0n) is 17.1. The van der Waals surface area contributed by atoms with E-state index in [1.54, 1.807) is 12.4 Å². The Morgan fingerprint density at radius 2 is 1.86 bits per heavy atom. The third kappa shape index (κ3) is 5.32. The van der Waals surface area contributed by atoms with Crippen molar-refractivity contribution in [3.8, 4) is 0 Å². The number of aromatic nitrogens is 2. The predicted octanol–water partition coefficient (Wildman–Crippen LogP) is 2.90. The summed E-state index contributed by atoms with van der Waals surface area (Å²) in [5.74, 6) is 0.916. The first-order chi connectivity index (χ1) is 14.3. The number of pyridine rings is 2. The van der Waals surface area contributed by atoms with Gasteiger partial charge >= 0.3 is 0 Å². The summed E-state index contributed by atoms with van der Waals surface area (Å²) in [5.41, 5.74) is 1.68. The molecule has 2 aromatic rings. The summed E-state index contributed by atoms with van der Waals surface area (Å²) in [6.45, 7) is 4.90. The molecule has 2 aliphatic rings. The molecule has 2 fully saturated rings. The van der Waals surface area contributed by atoms with E-state index in [-0.39, 0.29) is 5.91 Å². The van der Waals surface area contributed by atoms with Gasteiger partial charge in [0.2, 0.25) is 0 Å². The number of carbonyl (C=O) groups excluding carboxylic acids is 1. The quantitative estimate of drug-likeness (QED) is 0.733. The molecule has 2 aromatic heterocycles. The third-order valence-corrected chi connectivity index (χ3v) is 6.11. The van der Waals surface area contributed by atoms with Gasteiger partial charge in [0.05, 0.1) is 5.56 Å². The molecule has 154 valence electrons. The van der Waals surface area contributed by atoms with E-state index < -0.39 is 0 Å². The van der Waals surface area contributed by atoms with Gasteiger partial charge in [-0.05, 0) is 49.9 Å². The molecule has 0 bridgehead atoms. The molecule has 0 spiro atoms. The molecular weight excluding hydrogens is 362 g/mol. The van der Waals surface area contributed by atoms with Gasteiger partial charge in [0, 0.05) is 56.9 Å². The van der Waals surface area contributed by atoms with Crippen LogP contribution in [-0.2, 0) is 6.42 Å². The number of carbonyl (C=O) groups is 1. The highest BCUT2D eigenvalue weighted by molar-refractivity contribution is 5.94. The van der Waals surface area contributed by atoms with Gasteiger partial charge in [-0.3, -0.25) is 14.7 Å². The van der Waals surface area contributed by atoms with Crippen LogP contribution in [0.5, 0.6) is 0 Å². The summed E-state index contributed by atoms with van der Waals surface area (Å²) < 4.78 is 0. The Balaban J connectivity index is 1.21. The van der Waals surface area contributed by atoms with E-state index in [0.29, 0.717) is 12.1 Å². The molecule has 6 heteroatoms. The van der Waals surface area contributed by atoms with Crippen molar-refractivity contribution in [2.75, 3.05) is 37.6 Å². The van der Waals surface area contributed by atoms with Crippen molar-refractivity contribution >= 4 is 11.7 Å². The zero-order valence-corrected chi connectivity index (χ0v) is 17.1. The van der Waals surface area contributed by atoms with Crippen molar-refractivity contribution in [3.63, 3.8) is 0 Å². The number of rotatable bonds is 7. The number of amides is 1. The summed E-state index contributed by atoms with van der Waals surface area (Å²) in [6, 6.07) is 10.6. The Morgan fingerprint density at radius 3 is 2.55 bits per heavy atom. The molecule has 0 atom stereocenters. The molecule has 29 heavy (non-hydrogen) atoms. The van der Waals surface area contributed by atoms with Crippen LogP contribution in [0.15, 0.2) is 42.7 Å². The van der Waals surface area contributed by atoms with E-state index in [2.05, 4.69) is 25.1 Å². The lowest BCUT2D eigenvalue weighted by Gasteiger charge is -2.38. The fourth-order valence-corrected chi connectivity index (χ4v) is 4.41. The van der Waals surface area contributed by atoms with Gasteiger partial charge in [0.15, 0.2) is 0 Å². The Kier molecular flexibility index (Phi) is 6.72. The number of hydrogen-bond acceptors (Lipinski definition) is 5. The molecule has 3 heterocycles. The average molecular weight is 394 g/mol. The summed E-state index contributed by atoms with van der Waals surface area (Å²) in [4.78, 5) is 26.2. The van der Waals surface area contributed by atoms with Gasteiger partial charge in [-0.2, -0.15) is 0 Å². The maximum Gasteiger partial charge on any atom is 0.252 e. The molecule has 1 aliphatic heterocycles. The molecular formula is C23H31N5O. The number of nitrogens with zero attached hydrogens (tertiary/aromatic N) is 4. The van der Waals surface area contributed by atoms with Gasteiger partial charge in [-0.1, -0.05) is 18.9 Å². The monoisotopic (exact) mass is 393 g/mol. The standard InChI is InChI=1S/C23H31N5O/c29-23(25-13-5-7-20-6-3-4-12-24-20)19-10-11-22(26-18-19)28-16-14-27(15-17-28)21-8-1-2-9-21/h3-4,6,10-12,18,21H,1-2,5,7-9,13-17H2,(H,25,29). The first-order valence-corrected chi connectivity index (χ1v) is 10.9. The molecule has 0 radical (unpaired) electrons. The maximum atomic E-state index is 12.3. The van der Waals surface area contributed by atoms with Crippen molar-refractivity contribution < 1.29 is 4.79 Å². The molecule has 1 amide bonds. The van der Waals surface area contributed by atoms with Crippen LogP contribution >= 0.6 is 0 Å². The van der Waals surface area contributed by atoms with Crippen molar-refractivity contribution in [2.45, 2.75) is 44.6 Å². The maximum absolute atomic E-state index is 12.3. The molecule has 1 N–H and O–H groups in total. The Bertz CT molecular complexity index is 766. The minimum absolute atomic E-state index is 0.0591. The fraction of sp³-hybridized carbons (Fsp3) is 0.522. The van der Waals surface area contributed by atoms with E-state index in [1.165, 1.54) is 25.7 Å². The van der Waals surface area contributed by atoms with Gasteiger partial charge in [-0.15, -0.1) is 0 Å². The van der Waals surface area contributed by atoms with Gasteiger partial charge in [0.25, 0.3) is 5.91 Å². The largest absolute Gasteiger partial charge is 0.354 e. The minimum atomic E-state index is -0.0591. The minimum Gasteiger partial charge on any atom is -0.354 e. The molecule has 6 nitrogen and oxygen atoms in total. The topological polar surface area (TPSA) is 61.4 Å². The SMILES string of the molecule is O=C(NCCCc1ccccn1)c1ccc(N2CCN(C3CCCC3)CC2)nc1. The van der Waals surface area contributed by atoms with Crippen LogP contribution in [0.4, 0.5) is 5.82 Å². The van der Waals surface area contributed by atoms with Crippen molar-refractivity contribution in [2.24, 2.45) is 0 Å². The smallest absolute Gasteiger partial charge is 0.252 e. The zero-order chi connectivity index (χ0) is 19.9. The van der Waals surface area contributed by atoms with Crippen LogP contribution in [0.1, 0.15) is 48.2 Å². The highest BCUT2D eigenvalue weighted by Gasteiger charge is 2.26. The van der Waals surface area contributed by atoms with Crippen LogP contribution in [0.25, 0.3) is 0 Å². The summed E-state index contributed by atoms with van der Waals surface area (Å²) >= 11 is 0. The summed E-state index contributed by atoms with van der Waals surface area (Å²) in [7, 11) is 0. The molecule has 1 saturated heterocycles. The molecule has 1 aliphatic carbocycles. The van der Waals surface area contributed by atoms with Gasteiger partial charge < -0.3 is 10.2 Å². The predicted molar refractivity (Wildman–Crippen MR) is 115 cm³/mol. The average Bonchev–Trinajstić information content (AvgIpc) is 3.33. The molecule has 0 unspecified atom stereocenters. The number of hydrogen-bond donors (Lipinski definition) is 1. The first-order valence-electron chi connectivity index (χ1n) is 10.9. The normalized spacial score (nSPS) is 18.1. The number of aryl methyl sites for hydroxylation is 1. The molecule has 0 aromatic carbocycles. The van der Waals surface area contributed by atoms with Crippen molar-refractivity contribution in [1.29, 1.82) is 0 Å². The first kappa shape index (κ1) is 19.8. The van der Waals surface area contributed by atoms with E-state index in [4.69, 9.17) is 0 Å². The Hall–Kier alpha value is -2.47. The highest BCUT2D eigenvalue weighted by Crippen LogP contribution is 2.25. The Labute approximate surface area is 173 Å². The Morgan fingerprint density at radius 1 is 1.03 bits per heavy atom. The van der Waals surface area contributed by atoms with Crippen LogP contribution in [-0.4, -0.2) is 59.5 Å². The summed E-state index contributed by atoms with van der Waals surface area (Å²) in [5, 5.41) is 2.98.